The highest BCUT2D eigenvalue weighted by atomic mass is 19.1. The van der Waals surface area contributed by atoms with Gasteiger partial charge < -0.3 is 5.11 Å². The Labute approximate surface area is 94.1 Å². The third-order valence-electron chi connectivity index (χ3n) is 3.51. The van der Waals surface area contributed by atoms with Crippen LogP contribution in [0.4, 0.5) is 8.78 Å². The van der Waals surface area contributed by atoms with Crippen LogP contribution in [0.2, 0.25) is 0 Å². The van der Waals surface area contributed by atoms with Crippen LogP contribution in [-0.4, -0.2) is 11.7 Å². The standard InChI is InChI=1S/C13H16F2O/c14-11-5-6-12(13(15)7-11)10-3-1-9(8-16)2-4-10/h5-7,9-10,16H,1-4,8H2. The summed E-state index contributed by atoms with van der Waals surface area (Å²) in [6, 6.07) is 3.82. The summed E-state index contributed by atoms with van der Waals surface area (Å²) in [6.45, 7) is 0.221. The van der Waals surface area contributed by atoms with Gasteiger partial charge >= 0.3 is 0 Å². The smallest absolute Gasteiger partial charge is 0.129 e. The van der Waals surface area contributed by atoms with Gasteiger partial charge in [0, 0.05) is 12.7 Å². The summed E-state index contributed by atoms with van der Waals surface area (Å²) < 4.78 is 26.3. The predicted molar refractivity (Wildman–Crippen MR) is 58.1 cm³/mol. The maximum absolute atomic E-state index is 13.5. The lowest BCUT2D eigenvalue weighted by molar-refractivity contribution is 0.181. The first-order chi connectivity index (χ1) is 7.70. The molecule has 0 unspecified atom stereocenters. The fourth-order valence-corrected chi connectivity index (χ4v) is 2.49. The van der Waals surface area contributed by atoms with Crippen LogP contribution in [0.25, 0.3) is 0 Å². The first-order valence-electron chi connectivity index (χ1n) is 5.76. The summed E-state index contributed by atoms with van der Waals surface area (Å²) in [5.41, 5.74) is 0.623. The maximum atomic E-state index is 13.5. The molecule has 1 saturated carbocycles. The van der Waals surface area contributed by atoms with Crippen LogP contribution < -0.4 is 0 Å². The Kier molecular flexibility index (Phi) is 3.54. The lowest BCUT2D eigenvalue weighted by atomic mass is 9.79. The number of halogens is 2. The number of benzene rings is 1. The van der Waals surface area contributed by atoms with Crippen molar-refractivity contribution in [2.24, 2.45) is 5.92 Å². The van der Waals surface area contributed by atoms with Gasteiger partial charge in [-0.1, -0.05) is 6.07 Å². The van der Waals surface area contributed by atoms with Crippen molar-refractivity contribution < 1.29 is 13.9 Å². The Hall–Kier alpha value is -0.960. The van der Waals surface area contributed by atoms with Crippen LogP contribution in [0.15, 0.2) is 18.2 Å². The third-order valence-corrected chi connectivity index (χ3v) is 3.51. The Bertz CT molecular complexity index is 357. The molecule has 0 radical (unpaired) electrons. The van der Waals surface area contributed by atoms with Crippen molar-refractivity contribution in [2.45, 2.75) is 31.6 Å². The molecule has 1 aromatic rings. The van der Waals surface area contributed by atoms with E-state index < -0.39 is 11.6 Å². The molecule has 1 aliphatic carbocycles. The van der Waals surface area contributed by atoms with E-state index in [2.05, 4.69) is 0 Å². The number of rotatable bonds is 2. The van der Waals surface area contributed by atoms with Crippen LogP contribution in [0.1, 0.15) is 37.2 Å². The van der Waals surface area contributed by atoms with Crippen molar-refractivity contribution >= 4 is 0 Å². The first-order valence-corrected chi connectivity index (χ1v) is 5.76. The summed E-state index contributed by atoms with van der Waals surface area (Å²) in [7, 11) is 0. The van der Waals surface area contributed by atoms with Crippen molar-refractivity contribution in [2.75, 3.05) is 6.61 Å². The second kappa shape index (κ2) is 4.91. The zero-order valence-electron chi connectivity index (χ0n) is 9.13. The van der Waals surface area contributed by atoms with Crippen molar-refractivity contribution in [3.8, 4) is 0 Å². The second-order valence-electron chi connectivity index (χ2n) is 4.57. The van der Waals surface area contributed by atoms with Crippen LogP contribution in [-0.2, 0) is 0 Å². The highest BCUT2D eigenvalue weighted by Crippen LogP contribution is 2.36. The van der Waals surface area contributed by atoms with Crippen molar-refractivity contribution in [3.63, 3.8) is 0 Å². The molecule has 0 aliphatic heterocycles. The highest BCUT2D eigenvalue weighted by Gasteiger charge is 2.23. The van der Waals surface area contributed by atoms with Gasteiger partial charge in [0.05, 0.1) is 0 Å². The molecule has 88 valence electrons. The third kappa shape index (κ3) is 2.40. The molecule has 0 amide bonds. The van der Waals surface area contributed by atoms with Gasteiger partial charge in [-0.15, -0.1) is 0 Å². The van der Waals surface area contributed by atoms with Gasteiger partial charge in [0.1, 0.15) is 11.6 Å². The van der Waals surface area contributed by atoms with Gasteiger partial charge in [0.2, 0.25) is 0 Å². The Morgan fingerprint density at radius 1 is 1.12 bits per heavy atom. The molecule has 0 aromatic heterocycles. The molecule has 0 atom stereocenters. The molecule has 1 aliphatic rings. The highest BCUT2D eigenvalue weighted by molar-refractivity contribution is 5.23. The van der Waals surface area contributed by atoms with Gasteiger partial charge in [-0.05, 0) is 49.1 Å². The molecule has 1 nitrogen and oxygen atoms in total. The molecule has 16 heavy (non-hydrogen) atoms. The molecular weight excluding hydrogens is 210 g/mol. The molecule has 0 saturated heterocycles. The van der Waals surface area contributed by atoms with E-state index in [1.165, 1.54) is 6.07 Å². The van der Waals surface area contributed by atoms with Gasteiger partial charge in [-0.25, -0.2) is 8.78 Å². The molecule has 2 rings (SSSR count). The van der Waals surface area contributed by atoms with E-state index in [1.54, 1.807) is 6.07 Å². The minimum absolute atomic E-state index is 0.184. The van der Waals surface area contributed by atoms with E-state index in [4.69, 9.17) is 5.11 Å². The summed E-state index contributed by atoms with van der Waals surface area (Å²) >= 11 is 0. The lowest BCUT2D eigenvalue weighted by Gasteiger charge is -2.27. The SMILES string of the molecule is OCC1CCC(c2ccc(F)cc2F)CC1. The zero-order chi connectivity index (χ0) is 11.5. The fourth-order valence-electron chi connectivity index (χ4n) is 2.49. The maximum Gasteiger partial charge on any atom is 0.129 e. The summed E-state index contributed by atoms with van der Waals surface area (Å²) in [4.78, 5) is 0. The van der Waals surface area contributed by atoms with Crippen LogP contribution in [0.3, 0.4) is 0 Å². The van der Waals surface area contributed by atoms with Crippen molar-refractivity contribution in [1.82, 2.24) is 0 Å². The van der Waals surface area contributed by atoms with E-state index in [-0.39, 0.29) is 12.5 Å². The van der Waals surface area contributed by atoms with Crippen molar-refractivity contribution in [1.29, 1.82) is 0 Å². The average Bonchev–Trinajstić information content (AvgIpc) is 2.29. The molecule has 3 heteroatoms. The molecule has 0 heterocycles. The summed E-state index contributed by atoms with van der Waals surface area (Å²) in [5, 5.41) is 9.02. The largest absolute Gasteiger partial charge is 0.396 e. The normalized spacial score (nSPS) is 25.7. The number of hydrogen-bond acceptors (Lipinski definition) is 1. The van der Waals surface area contributed by atoms with Crippen molar-refractivity contribution in [3.05, 3.63) is 35.4 Å². The quantitative estimate of drug-likeness (QED) is 0.820. The van der Waals surface area contributed by atoms with Crippen LogP contribution in [0, 0.1) is 17.6 Å². The summed E-state index contributed by atoms with van der Waals surface area (Å²) in [6.07, 6.45) is 3.62. The summed E-state index contributed by atoms with van der Waals surface area (Å²) in [5.74, 6) is -0.416. The minimum Gasteiger partial charge on any atom is -0.396 e. The number of hydrogen-bond donors (Lipinski definition) is 1. The van der Waals surface area contributed by atoms with Gasteiger partial charge in [0.25, 0.3) is 0 Å². The molecule has 0 spiro atoms. The first kappa shape index (κ1) is 11.5. The van der Waals surface area contributed by atoms with Gasteiger partial charge in [-0.2, -0.15) is 0 Å². The zero-order valence-corrected chi connectivity index (χ0v) is 9.13. The number of aliphatic hydroxyl groups is 1. The number of aliphatic hydroxyl groups excluding tert-OH is 1. The van der Waals surface area contributed by atoms with E-state index in [0.717, 1.165) is 31.7 Å². The molecule has 1 N–H and O–H groups in total. The van der Waals surface area contributed by atoms with Crippen LogP contribution >= 0.6 is 0 Å². The lowest BCUT2D eigenvalue weighted by Crippen LogP contribution is -2.16. The van der Waals surface area contributed by atoms with Gasteiger partial charge in [-0.3, -0.25) is 0 Å². The molecule has 1 fully saturated rings. The van der Waals surface area contributed by atoms with E-state index in [1.807, 2.05) is 0 Å². The molecule has 1 aromatic carbocycles. The Morgan fingerprint density at radius 2 is 1.81 bits per heavy atom. The predicted octanol–water partition coefficient (Wildman–Crippen LogP) is 3.23. The van der Waals surface area contributed by atoms with E-state index in [0.29, 0.717) is 11.5 Å². The second-order valence-corrected chi connectivity index (χ2v) is 4.57. The Balaban J connectivity index is 2.08. The van der Waals surface area contributed by atoms with E-state index >= 15 is 0 Å². The monoisotopic (exact) mass is 226 g/mol. The van der Waals surface area contributed by atoms with E-state index in [9.17, 15) is 8.78 Å². The van der Waals surface area contributed by atoms with Gasteiger partial charge in [0.15, 0.2) is 0 Å². The molecular formula is C13H16F2O. The average molecular weight is 226 g/mol. The molecule has 0 bridgehead atoms. The Morgan fingerprint density at radius 3 is 2.38 bits per heavy atom. The fraction of sp³-hybridized carbons (Fsp3) is 0.538. The topological polar surface area (TPSA) is 20.2 Å². The van der Waals surface area contributed by atoms with Crippen LogP contribution in [0.5, 0.6) is 0 Å². The minimum atomic E-state index is -0.523.